The van der Waals surface area contributed by atoms with Crippen LogP contribution in [0.4, 0.5) is 0 Å². The number of nitrogens with zero attached hydrogens (tertiary/aromatic N) is 7. The number of aromatic nitrogens is 7. The van der Waals surface area contributed by atoms with Gasteiger partial charge in [0.1, 0.15) is 0 Å². The summed E-state index contributed by atoms with van der Waals surface area (Å²) in [6, 6.07) is 150. The summed E-state index contributed by atoms with van der Waals surface area (Å²) in [5.41, 5.74) is 24.5. The lowest BCUT2D eigenvalue weighted by molar-refractivity contribution is 0.660. The molecule has 0 saturated heterocycles. The van der Waals surface area contributed by atoms with E-state index in [1.54, 1.807) is 0 Å². The first kappa shape index (κ1) is 75.7. The standard InChI is InChI=1S/C46H30N2.C45H26N2.C39H23N3/c1-46(2)39-10-6-5-9-34(39)35-20-16-32(25-40(35)46)48-41-24-31-15-18-36-33(30-12-11-27-7-3-4-8-29(27)23-30)17-13-28-14-19-38(44(31)43(28)36)45(41)37-21-22-47-26-42(37)48;1-2-13-31-27(9-1)10-8-18-32(31)43-33-14-3-5-16-35(33)45(36-17-6-4-15-34(36)43)47-39-25-30-20-19-28-11-7-12-29-21-22-38(42(30)41(28)29)44(39)37-23-24-46-26-40(37)47;1-3-10-33-29(8-1)30-9-2-4-11-34(30)41(33)27-15-17-28(18-16-27)42-35-22-26-13-12-24-6-5-7-25-14-19-32(38(26)37(24)25)39(35)31-20-21-40-23-36(31)42/h3-26H,1-2H3;1-26H;1-23H. The minimum absolute atomic E-state index is 0.0710. The molecule has 32 rings (SSSR count). The van der Waals surface area contributed by atoms with Crippen molar-refractivity contribution in [2.45, 2.75) is 19.3 Å². The zero-order chi connectivity index (χ0) is 89.7. The van der Waals surface area contributed by atoms with Crippen LogP contribution in [0, 0.1) is 0 Å². The number of para-hydroxylation sites is 2. The van der Waals surface area contributed by atoms with Gasteiger partial charge in [-0.05, 0) is 265 Å². The predicted molar refractivity (Wildman–Crippen MR) is 580 cm³/mol. The first-order valence-corrected chi connectivity index (χ1v) is 47.4. The molecule has 0 aliphatic heterocycles. The van der Waals surface area contributed by atoms with Gasteiger partial charge in [-0.25, -0.2) is 0 Å². The number of hydrogen-bond donors (Lipinski definition) is 0. The van der Waals surface area contributed by atoms with E-state index in [0.717, 1.165) is 27.9 Å². The summed E-state index contributed by atoms with van der Waals surface area (Å²) in [7, 11) is 0. The van der Waals surface area contributed by atoms with Crippen molar-refractivity contribution in [1.29, 1.82) is 0 Å². The van der Waals surface area contributed by atoms with Crippen LogP contribution in [-0.2, 0) is 5.41 Å². The Labute approximate surface area is 785 Å². The predicted octanol–water partition coefficient (Wildman–Crippen LogP) is 34.6. The minimum Gasteiger partial charge on any atom is -0.309 e. The lowest BCUT2D eigenvalue weighted by Crippen LogP contribution is -2.15. The Morgan fingerprint density at radius 2 is 0.547 bits per heavy atom. The molecule has 0 radical (unpaired) electrons. The monoisotopic (exact) mass is 1740 g/mol. The molecule has 7 heteroatoms. The van der Waals surface area contributed by atoms with Crippen LogP contribution in [0.5, 0.6) is 0 Å². The van der Waals surface area contributed by atoms with Crippen LogP contribution in [0.15, 0.2) is 444 Å². The van der Waals surface area contributed by atoms with Gasteiger partial charge in [0.15, 0.2) is 0 Å². The second-order valence-corrected chi connectivity index (χ2v) is 37.9. The van der Waals surface area contributed by atoms with Crippen molar-refractivity contribution in [2.24, 2.45) is 0 Å². The lowest BCUT2D eigenvalue weighted by atomic mass is 9.82. The Hall–Kier alpha value is -17.9. The first-order valence-electron chi connectivity index (χ1n) is 47.4. The fourth-order valence-electron chi connectivity index (χ4n) is 24.8. The van der Waals surface area contributed by atoms with Crippen LogP contribution < -0.4 is 0 Å². The third kappa shape index (κ3) is 10.7. The van der Waals surface area contributed by atoms with E-state index in [1.165, 1.54) is 267 Å². The Bertz CT molecular complexity index is 10500. The highest BCUT2D eigenvalue weighted by Crippen LogP contribution is 2.54. The highest BCUT2D eigenvalue weighted by Gasteiger charge is 2.36. The fraction of sp³-hybridized carbons (Fsp3) is 0.0231. The largest absolute Gasteiger partial charge is 0.309 e. The van der Waals surface area contributed by atoms with Gasteiger partial charge in [0, 0.05) is 94.9 Å². The highest BCUT2D eigenvalue weighted by molar-refractivity contribution is 6.38. The summed E-state index contributed by atoms with van der Waals surface area (Å²) in [5.74, 6) is 0. The molecule has 0 atom stereocenters. The molecule has 31 aromatic rings. The third-order valence-electron chi connectivity index (χ3n) is 30.7. The van der Waals surface area contributed by atoms with Crippen LogP contribution in [0.3, 0.4) is 0 Å². The van der Waals surface area contributed by atoms with Gasteiger partial charge in [0.2, 0.25) is 0 Å². The van der Waals surface area contributed by atoms with Gasteiger partial charge in [0.25, 0.3) is 0 Å². The van der Waals surface area contributed by atoms with E-state index in [4.69, 9.17) is 4.98 Å². The van der Waals surface area contributed by atoms with Crippen molar-refractivity contribution in [3.8, 4) is 56.1 Å². The molecule has 634 valence electrons. The summed E-state index contributed by atoms with van der Waals surface area (Å²) in [5, 5.41) is 43.5. The third-order valence-corrected chi connectivity index (χ3v) is 30.7. The average molecular weight is 1740 g/mol. The molecule has 0 saturated carbocycles. The zero-order valence-electron chi connectivity index (χ0n) is 74.8. The molecule has 1 aliphatic rings. The van der Waals surface area contributed by atoms with Crippen molar-refractivity contribution < 1.29 is 0 Å². The molecule has 0 amide bonds. The number of pyridine rings is 3. The Morgan fingerprint density at radius 3 is 1.12 bits per heavy atom. The van der Waals surface area contributed by atoms with E-state index in [2.05, 4.69) is 449 Å². The normalized spacial score (nSPS) is 12.8. The Balaban J connectivity index is 0.0000000976. The van der Waals surface area contributed by atoms with E-state index in [0.29, 0.717) is 0 Å². The summed E-state index contributed by atoms with van der Waals surface area (Å²) in [6.07, 6.45) is 11.9. The van der Waals surface area contributed by atoms with Gasteiger partial charge < -0.3 is 18.3 Å². The molecule has 0 fully saturated rings. The molecular formula is C130H79N7. The van der Waals surface area contributed by atoms with Gasteiger partial charge in [-0.2, -0.15) is 0 Å². The van der Waals surface area contributed by atoms with Crippen molar-refractivity contribution in [2.75, 3.05) is 0 Å². The van der Waals surface area contributed by atoms with Gasteiger partial charge in [-0.15, -0.1) is 0 Å². The van der Waals surface area contributed by atoms with E-state index >= 15 is 0 Å². The quantitative estimate of drug-likeness (QED) is 0.123. The number of benzene rings is 24. The summed E-state index contributed by atoms with van der Waals surface area (Å²) >= 11 is 0. The molecule has 7 aromatic heterocycles. The molecule has 0 bridgehead atoms. The zero-order valence-corrected chi connectivity index (χ0v) is 74.8. The molecule has 0 unspecified atom stereocenters. The van der Waals surface area contributed by atoms with Gasteiger partial charge >= 0.3 is 0 Å². The van der Waals surface area contributed by atoms with Crippen LogP contribution >= 0.6 is 0 Å². The van der Waals surface area contributed by atoms with E-state index in [9.17, 15) is 0 Å². The van der Waals surface area contributed by atoms with Crippen LogP contribution in [0.2, 0.25) is 0 Å². The second kappa shape index (κ2) is 28.6. The van der Waals surface area contributed by atoms with Crippen LogP contribution in [0.25, 0.3) is 283 Å². The molecule has 24 aromatic carbocycles. The van der Waals surface area contributed by atoms with Gasteiger partial charge in [0.05, 0.1) is 68.4 Å². The van der Waals surface area contributed by atoms with Crippen molar-refractivity contribution >= 4 is 227 Å². The smallest absolute Gasteiger partial charge is 0.0725 e. The average Bonchev–Trinajstić information content (AvgIpc) is 1.62. The Kier molecular flexibility index (Phi) is 15.8. The maximum Gasteiger partial charge on any atom is 0.0725 e. The molecule has 1 aliphatic carbocycles. The number of hydrogen-bond acceptors (Lipinski definition) is 3. The first-order chi connectivity index (χ1) is 67.8. The number of fused-ring (bicyclic) bond motifs is 22. The van der Waals surface area contributed by atoms with E-state index in [1.807, 2.05) is 37.2 Å². The summed E-state index contributed by atoms with van der Waals surface area (Å²) in [6.45, 7) is 4.71. The van der Waals surface area contributed by atoms with Crippen molar-refractivity contribution in [3.05, 3.63) is 455 Å². The number of rotatable bonds is 6. The van der Waals surface area contributed by atoms with E-state index < -0.39 is 0 Å². The van der Waals surface area contributed by atoms with Crippen LogP contribution in [-0.4, -0.2) is 33.2 Å². The van der Waals surface area contributed by atoms with Gasteiger partial charge in [-0.1, -0.05) is 329 Å². The summed E-state index contributed by atoms with van der Waals surface area (Å²) in [4.78, 5) is 13.9. The van der Waals surface area contributed by atoms with E-state index in [-0.39, 0.29) is 5.41 Å². The second-order valence-electron chi connectivity index (χ2n) is 37.9. The lowest BCUT2D eigenvalue weighted by Gasteiger charge is -2.22. The summed E-state index contributed by atoms with van der Waals surface area (Å²) < 4.78 is 9.67. The Morgan fingerprint density at radius 1 is 0.182 bits per heavy atom. The van der Waals surface area contributed by atoms with Crippen molar-refractivity contribution in [3.63, 3.8) is 0 Å². The van der Waals surface area contributed by atoms with Crippen molar-refractivity contribution in [1.82, 2.24) is 33.2 Å². The maximum absolute atomic E-state index is 4.70. The maximum atomic E-state index is 4.70. The molecule has 0 N–H and O–H groups in total. The molecule has 0 spiro atoms. The SMILES string of the molecule is CC1(C)c2ccccc2-c2ccc(-n3c4cnccc4c4c5ccc6ccc(-c7ccc8ccccc8c7)c7ccc(cc43)c5c67)cc21.c1cc2ccc3cc4c(c5ccc(c1)c2c35)c1ccncc1n4-c1ccc(-n2c3ccccc3c3ccccc32)cc1.c1ccc2c(-c3c4ccccc4c(-n4c5cnccc5c5c6ccc7cccc8ccc(cc54)c6c87)c4ccccc34)cccc2c1. The van der Waals surface area contributed by atoms with Crippen LogP contribution in [0.1, 0.15) is 25.0 Å². The molecular weight excluding hydrogens is 1660 g/mol. The highest BCUT2D eigenvalue weighted by atomic mass is 15.0. The minimum atomic E-state index is -0.0710. The topological polar surface area (TPSA) is 58.4 Å². The molecule has 137 heavy (non-hydrogen) atoms. The molecule has 7 heterocycles. The fourth-order valence-corrected chi connectivity index (χ4v) is 24.8. The van der Waals surface area contributed by atoms with Gasteiger partial charge in [-0.3, -0.25) is 15.0 Å². The molecule has 7 nitrogen and oxygen atoms in total.